The monoisotopic (exact) mass is 229 g/mol. The summed E-state index contributed by atoms with van der Waals surface area (Å²) >= 11 is 0. The van der Waals surface area contributed by atoms with E-state index in [2.05, 4.69) is 28.6 Å². The number of nitrogens with one attached hydrogen (secondary N) is 1. The molecule has 0 saturated carbocycles. The van der Waals surface area contributed by atoms with Crippen molar-refractivity contribution in [2.45, 2.75) is 33.2 Å². The smallest absolute Gasteiger partial charge is 0.257 e. The van der Waals surface area contributed by atoms with Gasteiger partial charge in [-0.1, -0.05) is 13.8 Å². The second-order valence-electron chi connectivity index (χ2n) is 5.66. The molecule has 0 saturated heterocycles. The number of carbonyl (C=O) groups is 1. The lowest BCUT2D eigenvalue weighted by atomic mass is 9.90. The van der Waals surface area contributed by atoms with Gasteiger partial charge in [-0.2, -0.15) is 0 Å². The molecule has 0 aromatic carbocycles. The van der Waals surface area contributed by atoms with Gasteiger partial charge >= 0.3 is 0 Å². The Hall–Kier alpha value is -1.76. The third-order valence-electron chi connectivity index (χ3n) is 3.70. The molecule has 0 spiro atoms. The number of nitrogens with zero attached hydrogens (tertiary/aromatic N) is 2. The Balaban J connectivity index is 2.24. The molecule has 0 radical (unpaired) electrons. The number of carbonyl (C=O) groups excluding carboxylic acids is 1. The average molecular weight is 229 g/mol. The normalized spacial score (nSPS) is 20.4. The first-order valence-corrected chi connectivity index (χ1v) is 5.93. The molecule has 3 rings (SSSR count). The molecule has 4 heteroatoms. The van der Waals surface area contributed by atoms with Crippen molar-refractivity contribution < 1.29 is 4.79 Å². The molecule has 1 aliphatic carbocycles. The van der Waals surface area contributed by atoms with Gasteiger partial charge in [0.1, 0.15) is 5.69 Å². The van der Waals surface area contributed by atoms with Crippen molar-refractivity contribution in [2.24, 2.45) is 5.41 Å². The molecule has 1 amide bonds. The van der Waals surface area contributed by atoms with E-state index in [4.69, 9.17) is 6.57 Å². The minimum Gasteiger partial charge on any atom is -0.350 e. The highest BCUT2D eigenvalue weighted by Crippen LogP contribution is 2.44. The highest BCUT2D eigenvalue weighted by atomic mass is 16.2. The van der Waals surface area contributed by atoms with Crippen LogP contribution < -0.4 is 5.32 Å². The van der Waals surface area contributed by atoms with Gasteiger partial charge in [-0.25, -0.2) is 4.85 Å². The van der Waals surface area contributed by atoms with Gasteiger partial charge in [-0.3, -0.25) is 4.79 Å². The van der Waals surface area contributed by atoms with E-state index in [0.29, 0.717) is 17.9 Å². The van der Waals surface area contributed by atoms with E-state index in [-0.39, 0.29) is 11.3 Å². The Labute approximate surface area is 100 Å². The summed E-state index contributed by atoms with van der Waals surface area (Å²) in [6.07, 6.45) is 1.88. The Morgan fingerprint density at radius 3 is 2.88 bits per heavy atom. The van der Waals surface area contributed by atoms with Crippen molar-refractivity contribution in [3.63, 3.8) is 0 Å². The zero-order chi connectivity index (χ0) is 12.2. The maximum absolute atomic E-state index is 11.9. The minimum atomic E-state index is -0.0885. The predicted molar refractivity (Wildman–Crippen MR) is 64.2 cm³/mol. The van der Waals surface area contributed by atoms with E-state index < -0.39 is 0 Å². The minimum absolute atomic E-state index is 0.0885. The fraction of sp³-hybridized carbons (Fsp3) is 0.538. The molecule has 1 aromatic heterocycles. The summed E-state index contributed by atoms with van der Waals surface area (Å²) in [5.74, 6) is -0.0885. The van der Waals surface area contributed by atoms with Gasteiger partial charge in [-0.15, -0.1) is 0 Å². The lowest BCUT2D eigenvalue weighted by Crippen LogP contribution is -2.36. The summed E-state index contributed by atoms with van der Waals surface area (Å²) in [5.41, 5.74) is 3.72. The number of fused-ring (bicyclic) bond motifs is 3. The van der Waals surface area contributed by atoms with Gasteiger partial charge in [0, 0.05) is 18.8 Å². The summed E-state index contributed by atoms with van der Waals surface area (Å²) in [7, 11) is 0. The molecule has 17 heavy (non-hydrogen) atoms. The van der Waals surface area contributed by atoms with E-state index in [1.54, 1.807) is 0 Å². The molecule has 4 nitrogen and oxygen atoms in total. The average Bonchev–Trinajstić information content (AvgIpc) is 2.70. The number of rotatable bonds is 0. The van der Waals surface area contributed by atoms with Crippen LogP contribution in [0.2, 0.25) is 0 Å². The molecule has 0 fully saturated rings. The zero-order valence-electron chi connectivity index (χ0n) is 10.1. The fourth-order valence-corrected chi connectivity index (χ4v) is 3.05. The van der Waals surface area contributed by atoms with E-state index in [1.807, 2.05) is 0 Å². The highest BCUT2D eigenvalue weighted by molar-refractivity contribution is 6.00. The second kappa shape index (κ2) is 3.13. The Morgan fingerprint density at radius 1 is 1.41 bits per heavy atom. The summed E-state index contributed by atoms with van der Waals surface area (Å²) < 4.78 is 2.07. The van der Waals surface area contributed by atoms with Gasteiger partial charge in [0.15, 0.2) is 0 Å². The third kappa shape index (κ3) is 1.32. The van der Waals surface area contributed by atoms with Gasteiger partial charge in [0.2, 0.25) is 5.69 Å². The van der Waals surface area contributed by atoms with E-state index in [1.165, 1.54) is 5.69 Å². The predicted octanol–water partition coefficient (Wildman–Crippen LogP) is 1.91. The largest absolute Gasteiger partial charge is 0.350 e. The van der Waals surface area contributed by atoms with Crippen LogP contribution >= 0.6 is 0 Å². The second-order valence-corrected chi connectivity index (χ2v) is 5.66. The van der Waals surface area contributed by atoms with E-state index >= 15 is 0 Å². The Kier molecular flexibility index (Phi) is 1.91. The Bertz CT molecular complexity index is 560. The molecule has 1 aliphatic heterocycles. The molecule has 88 valence electrons. The van der Waals surface area contributed by atoms with E-state index in [9.17, 15) is 4.79 Å². The SMILES string of the molecule is [C-]#[N+]c1c2c(n3c1C(=O)NCC3)CC(C)(C)C2. The molecule has 2 aliphatic rings. The van der Waals surface area contributed by atoms with Crippen molar-refractivity contribution in [2.75, 3.05) is 6.54 Å². The van der Waals surface area contributed by atoms with Crippen LogP contribution in [-0.2, 0) is 19.4 Å². The summed E-state index contributed by atoms with van der Waals surface area (Å²) in [6, 6.07) is 0. The van der Waals surface area contributed by atoms with Crippen LogP contribution in [0.15, 0.2) is 0 Å². The van der Waals surface area contributed by atoms with Crippen molar-refractivity contribution >= 4 is 11.6 Å². The quantitative estimate of drug-likeness (QED) is 0.678. The van der Waals surface area contributed by atoms with Crippen molar-refractivity contribution in [1.29, 1.82) is 0 Å². The molecule has 0 bridgehead atoms. The first kappa shape index (κ1) is 10.4. The van der Waals surface area contributed by atoms with Crippen molar-refractivity contribution in [3.05, 3.63) is 28.4 Å². The van der Waals surface area contributed by atoms with Gasteiger partial charge in [0.25, 0.3) is 5.91 Å². The molecule has 0 unspecified atom stereocenters. The molecular formula is C13H15N3O. The topological polar surface area (TPSA) is 38.4 Å². The zero-order valence-corrected chi connectivity index (χ0v) is 10.1. The molecule has 1 aromatic rings. The lowest BCUT2D eigenvalue weighted by Gasteiger charge is -2.22. The molecule has 1 N–H and O–H groups in total. The molecule has 0 atom stereocenters. The molecule has 2 heterocycles. The van der Waals surface area contributed by atoms with Crippen molar-refractivity contribution in [1.82, 2.24) is 9.88 Å². The number of hydrogen-bond acceptors (Lipinski definition) is 1. The van der Waals surface area contributed by atoms with Crippen LogP contribution in [0.4, 0.5) is 5.69 Å². The standard InChI is InChI=1S/C13H15N3O/c1-13(2)6-8-9(7-13)16-5-4-15-12(17)11(16)10(8)14-3/h4-7H2,1-2H3,(H,15,17). The number of hydrogen-bond donors (Lipinski definition) is 1. The van der Waals surface area contributed by atoms with E-state index in [0.717, 1.165) is 24.9 Å². The van der Waals surface area contributed by atoms with Gasteiger partial charge < -0.3 is 9.88 Å². The Morgan fingerprint density at radius 2 is 2.18 bits per heavy atom. The lowest BCUT2D eigenvalue weighted by molar-refractivity contribution is 0.0928. The molecular weight excluding hydrogens is 214 g/mol. The van der Waals surface area contributed by atoms with Crippen molar-refractivity contribution in [3.8, 4) is 0 Å². The van der Waals surface area contributed by atoms with Crippen LogP contribution in [-0.4, -0.2) is 17.0 Å². The maximum atomic E-state index is 11.9. The summed E-state index contributed by atoms with van der Waals surface area (Å²) in [4.78, 5) is 15.5. The first-order valence-electron chi connectivity index (χ1n) is 5.93. The summed E-state index contributed by atoms with van der Waals surface area (Å²) in [6.45, 7) is 13.2. The van der Waals surface area contributed by atoms with Crippen LogP contribution in [0, 0.1) is 12.0 Å². The van der Waals surface area contributed by atoms with Crippen LogP contribution in [0.25, 0.3) is 4.85 Å². The van der Waals surface area contributed by atoms with Gasteiger partial charge in [-0.05, 0) is 23.8 Å². The fourth-order valence-electron chi connectivity index (χ4n) is 3.05. The van der Waals surface area contributed by atoms with Crippen LogP contribution in [0.5, 0.6) is 0 Å². The van der Waals surface area contributed by atoms with Crippen LogP contribution in [0.3, 0.4) is 0 Å². The first-order chi connectivity index (χ1) is 8.03. The summed E-state index contributed by atoms with van der Waals surface area (Å²) in [5, 5.41) is 2.82. The van der Waals surface area contributed by atoms with Crippen LogP contribution in [0.1, 0.15) is 35.6 Å². The third-order valence-corrected chi connectivity index (χ3v) is 3.70. The highest BCUT2D eigenvalue weighted by Gasteiger charge is 2.38. The number of aromatic nitrogens is 1. The number of amides is 1. The van der Waals surface area contributed by atoms with Gasteiger partial charge in [0.05, 0.1) is 6.57 Å². The maximum Gasteiger partial charge on any atom is 0.257 e.